The Bertz CT molecular complexity index is 6900. The van der Waals surface area contributed by atoms with Crippen molar-refractivity contribution in [2.45, 2.75) is 85.4 Å². The van der Waals surface area contributed by atoms with Crippen molar-refractivity contribution < 1.29 is 72.9 Å². The Labute approximate surface area is 636 Å². The Kier molecular flexibility index (Phi) is 10.1. The molecule has 0 fully saturated rings. The van der Waals surface area contributed by atoms with E-state index < -0.39 is 260 Å². The molecule has 0 bridgehead atoms. The zero-order chi connectivity index (χ0) is 93.7. The van der Waals surface area contributed by atoms with E-state index in [1.54, 1.807) is 42.6 Å². The molecule has 0 saturated carbocycles. The average Bonchev–Trinajstić information content (AvgIpc) is 1.23. The first-order chi connectivity index (χ1) is 59.7. The second-order valence-electron chi connectivity index (χ2n) is 26.5. The molecule has 484 valence electrons. The molecule has 0 N–H and O–H groups in total. The van der Waals surface area contributed by atoms with Gasteiger partial charge in [-0.05, 0) is 159 Å². The van der Waals surface area contributed by atoms with Gasteiger partial charge in [0.15, 0.2) is 8.07 Å². The first-order valence-corrected chi connectivity index (χ1v) is 33.2. The second-order valence-corrected chi connectivity index (χ2v) is 30.1. The third-order valence-corrected chi connectivity index (χ3v) is 21.3. The SMILES string of the molecule is [2H]c1c([2H])c([2H])c(-c2c([2H])c(-c3cc(C([2H])([2H])[2H])cc([Si](c4c([2H])c([2H])c([2H])c([2H])c4[2H])(c4c([2H])c([2H])c([2H])c([2H])c4[2H])c4c([2H])c([2H])c([2H])c([2H])c4[2H])c3-[n+]3[c-]n(-c4[c-]c(Oc5[c-]c6c(cc5)c5ccccc5n6-c5cc(C(C)(C)C)ccn5)ccc4)c4cc(-c5cc(C(C)(C)C)cc(C(C)(C)C)c5)ccc43)c([2H])c(-c3c([2H])c([2H])c([2H])c([2H])c3[2H])c2[2H])c([2H])c1[2H].[Pt]. The number of imidazole rings is 1. The predicted molar refractivity (Wildman–Crippen MR) is 406 cm³/mol. The number of nitrogens with zero attached hydrogens (tertiary/aromatic N) is 4. The molecule has 0 atom stereocenters. The maximum absolute atomic E-state index is 10.9. The fourth-order valence-corrected chi connectivity index (χ4v) is 16.3. The zero-order valence-electron chi connectivity index (χ0n) is 85.6. The number of aromatic nitrogens is 4. The van der Waals surface area contributed by atoms with Crippen LogP contribution in [0.1, 0.15) is 127 Å². The Morgan fingerprint density at radius 1 is 0.469 bits per heavy atom. The van der Waals surface area contributed by atoms with Crippen LogP contribution in [-0.2, 0) is 37.3 Å². The van der Waals surface area contributed by atoms with Crippen molar-refractivity contribution >= 4 is 61.7 Å². The van der Waals surface area contributed by atoms with Crippen LogP contribution >= 0.6 is 0 Å². The molecule has 0 aliphatic heterocycles. The fourth-order valence-electron chi connectivity index (χ4n) is 12.3. The van der Waals surface area contributed by atoms with Crippen LogP contribution in [0, 0.1) is 25.3 Å². The molecule has 0 radical (unpaired) electrons. The summed E-state index contributed by atoms with van der Waals surface area (Å²) in [6, 6.07) is 6.31. The molecule has 0 aliphatic rings. The summed E-state index contributed by atoms with van der Waals surface area (Å²) in [5.74, 6) is 0.748. The van der Waals surface area contributed by atoms with E-state index in [1.165, 1.54) is 10.6 Å². The monoisotopic (exact) mass is 1500 g/mol. The molecule has 0 unspecified atom stereocenters. The van der Waals surface area contributed by atoms with E-state index in [0.717, 1.165) is 49.7 Å². The number of hydrogen-bond donors (Lipinski definition) is 0. The maximum atomic E-state index is 10.9. The molecule has 98 heavy (non-hydrogen) atoms. The Hall–Kier alpha value is -10.2. The van der Waals surface area contributed by atoms with E-state index in [1.807, 2.05) is 101 Å². The minimum atomic E-state index is -6.85. The van der Waals surface area contributed by atoms with Crippen molar-refractivity contribution in [2.75, 3.05) is 0 Å². The van der Waals surface area contributed by atoms with E-state index in [2.05, 4.69) is 45.3 Å². The van der Waals surface area contributed by atoms with Gasteiger partial charge < -0.3 is 13.9 Å². The molecule has 3 heterocycles. The van der Waals surface area contributed by atoms with Crippen LogP contribution in [0.5, 0.6) is 11.5 Å². The normalized spacial score (nSPS) is 16.7. The zero-order valence-corrected chi connectivity index (χ0v) is 57.8. The summed E-state index contributed by atoms with van der Waals surface area (Å²) >= 11 is 0. The molecule has 15 rings (SSSR count). The van der Waals surface area contributed by atoms with Gasteiger partial charge in [-0.15, -0.1) is 29.7 Å². The second kappa shape index (κ2) is 26.0. The summed E-state index contributed by atoms with van der Waals surface area (Å²) in [7, 11) is -6.85. The summed E-state index contributed by atoms with van der Waals surface area (Å²) in [6.45, 7) is 14.8. The van der Waals surface area contributed by atoms with Crippen molar-refractivity contribution in [2.24, 2.45) is 0 Å². The topological polar surface area (TPSA) is 35.9 Å². The van der Waals surface area contributed by atoms with Crippen LogP contribution in [0.4, 0.5) is 0 Å². The number of fused-ring (bicyclic) bond motifs is 4. The molecule has 3 aromatic heterocycles. The third-order valence-electron chi connectivity index (χ3n) is 17.1. The van der Waals surface area contributed by atoms with Crippen LogP contribution in [0.25, 0.3) is 94.5 Å². The van der Waals surface area contributed by atoms with Gasteiger partial charge >= 0.3 is 0 Å². The molecule has 5 nitrogen and oxygen atoms in total. The van der Waals surface area contributed by atoms with Crippen molar-refractivity contribution in [3.8, 4) is 73.2 Å². The molecule has 15 aromatic rings. The van der Waals surface area contributed by atoms with Gasteiger partial charge in [0.2, 0.25) is 0 Å². The first kappa shape index (κ1) is 38.1. The van der Waals surface area contributed by atoms with Crippen molar-refractivity contribution in [1.82, 2.24) is 14.1 Å². The number of benzene rings is 12. The Balaban J connectivity index is 0.0000134. The van der Waals surface area contributed by atoms with Crippen LogP contribution < -0.4 is 30.1 Å². The molecule has 0 amide bonds. The molecule has 0 aliphatic carbocycles. The molecule has 7 heteroatoms. The molecule has 0 spiro atoms. The Morgan fingerprint density at radius 2 is 1.03 bits per heavy atom. The maximum Gasteiger partial charge on any atom is 0.268 e. The number of pyridine rings is 1. The summed E-state index contributed by atoms with van der Waals surface area (Å²) in [6.07, 6.45) is 5.11. The van der Waals surface area contributed by atoms with Gasteiger partial charge in [0.1, 0.15) is 5.82 Å². The van der Waals surface area contributed by atoms with E-state index in [-0.39, 0.29) is 54.7 Å². The standard InChI is InChI=1S/C91H78N4OSi.Pt/c1-62-49-81(69-52-66(63-29-16-11-17-30-63)51-67(53-69)64-31-18-12-19-32-64)88(86(50-62)97(76-35-20-13-21-36-76,77-37-22-14-23-38-77)78-39-24-15-25-40-78)94-61-93(85-56-65(43-46-83(85)94)68-54-71(90(5,6)7)57-72(55-68)91(8,9)10)73-33-28-34-74(59-73)96-75-44-45-80-79-41-26-27-42-82(79)95(84(80)60-75)87-58-70(47-48-92-87)89(2,3)4;/h11-58H,1-10H3;/q-2;/i1D3,11D,12D,13D,14D,15D,16D,17D,18D,19D,20D,21D,22D,23D,24D,25D,29D,30D,31D,32D,35D,36D,37D,38D,39D,40D,51D,52D,53D;. The number of rotatable bonds is 13. The summed E-state index contributed by atoms with van der Waals surface area (Å²) in [5, 5.41) is -2.77. The Morgan fingerprint density at radius 3 is 1.61 bits per heavy atom. The summed E-state index contributed by atoms with van der Waals surface area (Å²) in [5.41, 5.74) is -3.99. The van der Waals surface area contributed by atoms with Gasteiger partial charge in [0, 0.05) is 48.4 Å². The fraction of sp³-hybridized carbons (Fsp3) is 0.143. The number of ether oxygens (including phenoxy) is 1. The van der Waals surface area contributed by atoms with Crippen LogP contribution in [0.3, 0.4) is 0 Å². The molecule has 0 saturated heterocycles. The van der Waals surface area contributed by atoms with Crippen molar-refractivity contribution in [3.05, 3.63) is 331 Å². The van der Waals surface area contributed by atoms with Crippen molar-refractivity contribution in [1.29, 1.82) is 0 Å². The van der Waals surface area contributed by atoms with Gasteiger partial charge in [-0.2, -0.15) is 18.2 Å². The van der Waals surface area contributed by atoms with Crippen molar-refractivity contribution in [3.63, 3.8) is 0 Å². The largest absolute Gasteiger partial charge is 0.510 e. The molecular weight excluding hydrogens is 1390 g/mol. The molecular formula is C91H78N4OPtSi-2. The van der Waals surface area contributed by atoms with Gasteiger partial charge in [0.05, 0.1) is 55.1 Å². The molecule has 12 aromatic carbocycles. The number of para-hydroxylation sites is 1. The quantitative estimate of drug-likeness (QED) is 0.0499. The van der Waals surface area contributed by atoms with E-state index >= 15 is 0 Å². The van der Waals surface area contributed by atoms with Crippen LogP contribution in [-0.4, -0.2) is 22.2 Å². The summed E-state index contributed by atoms with van der Waals surface area (Å²) < 4.78 is 312. The minimum Gasteiger partial charge on any atom is -0.510 e. The van der Waals surface area contributed by atoms with E-state index in [4.69, 9.17) is 22.1 Å². The van der Waals surface area contributed by atoms with Gasteiger partial charge in [-0.3, -0.25) is 4.57 Å². The average molecular weight is 1500 g/mol. The number of hydrogen-bond acceptors (Lipinski definition) is 2. The van der Waals surface area contributed by atoms with Gasteiger partial charge in [-0.25, -0.2) is 4.98 Å². The van der Waals surface area contributed by atoms with Crippen LogP contribution in [0.2, 0.25) is 0 Å². The predicted octanol–water partition coefficient (Wildman–Crippen LogP) is 19.8. The minimum absolute atomic E-state index is 0. The van der Waals surface area contributed by atoms with Gasteiger partial charge in [0.25, 0.3) is 6.33 Å². The van der Waals surface area contributed by atoms with Gasteiger partial charge in [-0.1, -0.05) is 285 Å². The first-order valence-electron chi connectivity index (χ1n) is 46.7. The van der Waals surface area contributed by atoms with Crippen LogP contribution in [0.15, 0.2) is 291 Å². The van der Waals surface area contributed by atoms with E-state index in [9.17, 15) is 30.2 Å². The number of aryl methyl sites for hydroxylation is 1. The third kappa shape index (κ3) is 12.2. The van der Waals surface area contributed by atoms with E-state index in [0.29, 0.717) is 22.5 Å². The summed E-state index contributed by atoms with van der Waals surface area (Å²) in [4.78, 5) is 4.85. The smallest absolute Gasteiger partial charge is 0.268 e.